The van der Waals surface area contributed by atoms with Crippen LogP contribution >= 0.6 is 0 Å². The fourth-order valence-corrected chi connectivity index (χ4v) is 1.76. The van der Waals surface area contributed by atoms with Gasteiger partial charge in [-0.05, 0) is 45.9 Å². The van der Waals surface area contributed by atoms with E-state index in [2.05, 4.69) is 31.1 Å². The largest absolute Gasteiger partial charge is 0.368 e. The minimum Gasteiger partial charge on any atom is -0.368 e. The molecule has 0 aromatic heterocycles. The molecule has 4 nitrogen and oxygen atoms in total. The summed E-state index contributed by atoms with van der Waals surface area (Å²) in [5.41, 5.74) is 5.37. The summed E-state index contributed by atoms with van der Waals surface area (Å²) in [6.45, 7) is 7.17. The molecule has 0 aromatic rings. The highest BCUT2D eigenvalue weighted by Crippen LogP contribution is 1.99. The van der Waals surface area contributed by atoms with Crippen LogP contribution in [0.1, 0.15) is 46.0 Å². The summed E-state index contributed by atoms with van der Waals surface area (Å²) in [5, 5.41) is 3.19. The molecule has 1 amide bonds. The lowest BCUT2D eigenvalue weighted by atomic mass is 10.1. The highest BCUT2D eigenvalue weighted by atomic mass is 16.1. The van der Waals surface area contributed by atoms with Crippen molar-refractivity contribution in [3.05, 3.63) is 0 Å². The predicted octanol–water partition coefficient (Wildman–Crippen LogP) is 1.35. The molecule has 0 spiro atoms. The van der Waals surface area contributed by atoms with Crippen molar-refractivity contribution < 1.29 is 4.79 Å². The molecule has 0 radical (unpaired) electrons. The maximum absolute atomic E-state index is 11.2. The molecule has 0 aliphatic rings. The van der Waals surface area contributed by atoms with Gasteiger partial charge in [0.25, 0.3) is 0 Å². The second kappa shape index (κ2) is 10.5. The lowest BCUT2D eigenvalue weighted by molar-refractivity contribution is -0.120. The fourth-order valence-electron chi connectivity index (χ4n) is 1.76. The number of unbranched alkanes of at least 4 members (excludes halogenated alkanes) is 2. The van der Waals surface area contributed by atoms with E-state index in [0.717, 1.165) is 32.5 Å². The molecule has 0 heterocycles. The number of nitrogens with zero attached hydrogens (tertiary/aromatic N) is 1. The smallest absolute Gasteiger partial charge is 0.234 e. The zero-order valence-corrected chi connectivity index (χ0v) is 11.7. The van der Waals surface area contributed by atoms with Gasteiger partial charge in [-0.15, -0.1) is 0 Å². The maximum Gasteiger partial charge on any atom is 0.234 e. The van der Waals surface area contributed by atoms with Crippen LogP contribution in [0.15, 0.2) is 0 Å². The molecule has 0 aliphatic heterocycles. The number of hydrogen-bond donors (Lipinski definition) is 2. The Hall–Kier alpha value is -0.610. The zero-order chi connectivity index (χ0) is 13.1. The Balaban J connectivity index is 3.74. The summed E-state index contributed by atoms with van der Waals surface area (Å²) in [7, 11) is 2.10. The Morgan fingerprint density at radius 2 is 1.94 bits per heavy atom. The van der Waals surface area contributed by atoms with Crippen LogP contribution in [-0.4, -0.2) is 43.5 Å². The fraction of sp³-hybridized carbons (Fsp3) is 0.923. The van der Waals surface area contributed by atoms with Crippen molar-refractivity contribution in [2.75, 3.05) is 26.7 Å². The van der Waals surface area contributed by atoms with Gasteiger partial charge in [-0.25, -0.2) is 0 Å². The summed E-state index contributed by atoms with van der Waals surface area (Å²) in [6.07, 6.45) is 5.58. The third-order valence-corrected chi connectivity index (χ3v) is 2.93. The average Bonchev–Trinajstić information content (AvgIpc) is 2.29. The quantitative estimate of drug-likeness (QED) is 0.539. The lowest BCUT2D eigenvalue weighted by Gasteiger charge is -2.20. The van der Waals surface area contributed by atoms with Gasteiger partial charge in [0, 0.05) is 0 Å². The van der Waals surface area contributed by atoms with Crippen LogP contribution in [0.2, 0.25) is 0 Å². The first-order valence-corrected chi connectivity index (χ1v) is 6.83. The van der Waals surface area contributed by atoms with E-state index in [1.54, 1.807) is 0 Å². The monoisotopic (exact) mass is 243 g/mol. The molecule has 0 bridgehead atoms. The van der Waals surface area contributed by atoms with Gasteiger partial charge in [-0.2, -0.15) is 0 Å². The van der Waals surface area contributed by atoms with Gasteiger partial charge >= 0.3 is 0 Å². The SMILES string of the molecule is CCCCCN(C)CCC(NCCC)C(N)=O. The lowest BCUT2D eigenvalue weighted by Crippen LogP contribution is -2.43. The van der Waals surface area contributed by atoms with Crippen molar-refractivity contribution in [2.24, 2.45) is 5.73 Å². The summed E-state index contributed by atoms with van der Waals surface area (Å²) in [5.74, 6) is -0.236. The topological polar surface area (TPSA) is 58.4 Å². The highest BCUT2D eigenvalue weighted by molar-refractivity contribution is 5.79. The Morgan fingerprint density at radius 1 is 1.24 bits per heavy atom. The average molecular weight is 243 g/mol. The van der Waals surface area contributed by atoms with Gasteiger partial charge in [0.15, 0.2) is 0 Å². The van der Waals surface area contributed by atoms with Crippen LogP contribution in [0.3, 0.4) is 0 Å². The van der Waals surface area contributed by atoms with Crippen molar-refractivity contribution >= 4 is 5.91 Å². The van der Waals surface area contributed by atoms with E-state index in [9.17, 15) is 4.79 Å². The summed E-state index contributed by atoms with van der Waals surface area (Å²) in [4.78, 5) is 13.5. The third kappa shape index (κ3) is 9.12. The third-order valence-electron chi connectivity index (χ3n) is 2.93. The molecule has 17 heavy (non-hydrogen) atoms. The summed E-state index contributed by atoms with van der Waals surface area (Å²) >= 11 is 0. The van der Waals surface area contributed by atoms with Gasteiger partial charge in [-0.3, -0.25) is 4.79 Å². The number of nitrogens with two attached hydrogens (primary N) is 1. The number of nitrogens with one attached hydrogen (secondary N) is 1. The van der Waals surface area contributed by atoms with Crippen LogP contribution in [0.25, 0.3) is 0 Å². The number of rotatable bonds is 11. The molecule has 0 saturated carbocycles. The Morgan fingerprint density at radius 3 is 2.47 bits per heavy atom. The number of amides is 1. The van der Waals surface area contributed by atoms with Crippen LogP contribution in [-0.2, 0) is 4.79 Å². The van der Waals surface area contributed by atoms with Gasteiger partial charge in [0.05, 0.1) is 6.04 Å². The molecule has 4 heteroatoms. The van der Waals surface area contributed by atoms with Crippen molar-refractivity contribution in [1.29, 1.82) is 0 Å². The Bertz CT molecular complexity index is 197. The number of hydrogen-bond acceptors (Lipinski definition) is 3. The molecule has 1 unspecified atom stereocenters. The Kier molecular flexibility index (Phi) is 10.2. The molecule has 1 atom stereocenters. The van der Waals surface area contributed by atoms with Gasteiger partial charge < -0.3 is 16.0 Å². The van der Waals surface area contributed by atoms with Crippen molar-refractivity contribution in [1.82, 2.24) is 10.2 Å². The van der Waals surface area contributed by atoms with E-state index in [4.69, 9.17) is 5.73 Å². The van der Waals surface area contributed by atoms with Crippen LogP contribution < -0.4 is 11.1 Å². The predicted molar refractivity (Wildman–Crippen MR) is 72.9 cm³/mol. The summed E-state index contributed by atoms with van der Waals surface area (Å²) < 4.78 is 0. The first-order valence-electron chi connectivity index (χ1n) is 6.83. The molecule has 3 N–H and O–H groups in total. The van der Waals surface area contributed by atoms with E-state index in [1.807, 2.05) is 0 Å². The van der Waals surface area contributed by atoms with Crippen molar-refractivity contribution in [3.63, 3.8) is 0 Å². The van der Waals surface area contributed by atoms with Gasteiger partial charge in [-0.1, -0.05) is 26.7 Å². The molecule has 0 aliphatic carbocycles. The molecule has 0 fully saturated rings. The minimum absolute atomic E-state index is 0.177. The highest BCUT2D eigenvalue weighted by Gasteiger charge is 2.14. The van der Waals surface area contributed by atoms with Gasteiger partial charge in [0.2, 0.25) is 5.91 Å². The molecular weight excluding hydrogens is 214 g/mol. The molecular formula is C13H29N3O. The normalized spacial score (nSPS) is 12.9. The van der Waals surface area contributed by atoms with E-state index >= 15 is 0 Å². The molecule has 0 rings (SSSR count). The molecule has 0 aromatic carbocycles. The number of carbonyl (C=O) groups excluding carboxylic acids is 1. The van der Waals surface area contributed by atoms with Crippen LogP contribution in [0, 0.1) is 0 Å². The van der Waals surface area contributed by atoms with Crippen LogP contribution in [0.5, 0.6) is 0 Å². The van der Waals surface area contributed by atoms with E-state index < -0.39 is 0 Å². The van der Waals surface area contributed by atoms with Crippen molar-refractivity contribution in [2.45, 2.75) is 52.0 Å². The zero-order valence-electron chi connectivity index (χ0n) is 11.7. The standard InChI is InChI=1S/C13H29N3O/c1-4-6-7-10-16(3)11-8-12(13(14)17)15-9-5-2/h12,15H,4-11H2,1-3H3,(H2,14,17). The summed E-state index contributed by atoms with van der Waals surface area (Å²) in [6, 6.07) is -0.177. The van der Waals surface area contributed by atoms with Crippen molar-refractivity contribution in [3.8, 4) is 0 Å². The Labute approximate surface area is 106 Å². The van der Waals surface area contributed by atoms with Crippen LogP contribution in [0.4, 0.5) is 0 Å². The molecule has 0 saturated heterocycles. The first kappa shape index (κ1) is 16.4. The minimum atomic E-state index is -0.236. The van der Waals surface area contributed by atoms with E-state index in [1.165, 1.54) is 19.3 Å². The second-order valence-corrected chi connectivity index (χ2v) is 4.71. The maximum atomic E-state index is 11.2. The van der Waals surface area contributed by atoms with E-state index in [0.29, 0.717) is 0 Å². The first-order chi connectivity index (χ1) is 8.11. The number of primary amides is 1. The molecule has 102 valence electrons. The second-order valence-electron chi connectivity index (χ2n) is 4.71. The van der Waals surface area contributed by atoms with E-state index in [-0.39, 0.29) is 11.9 Å². The number of carbonyl (C=O) groups is 1. The van der Waals surface area contributed by atoms with Gasteiger partial charge in [0.1, 0.15) is 0 Å².